The SMILES string of the molecule is C=C=C.O=[PH](O)O. The van der Waals surface area contributed by atoms with Gasteiger partial charge < -0.3 is 9.79 Å². The Bertz CT molecular complexity index is 78.2. The molecule has 0 amide bonds. The molecule has 0 unspecified atom stereocenters. The van der Waals surface area contributed by atoms with Crippen LogP contribution in [0.15, 0.2) is 18.9 Å². The van der Waals surface area contributed by atoms with Gasteiger partial charge in [0.25, 0.3) is 0 Å². The molecular weight excluding hydrogens is 115 g/mol. The van der Waals surface area contributed by atoms with Gasteiger partial charge in [-0.05, 0) is 0 Å². The zero-order valence-corrected chi connectivity index (χ0v) is 4.72. The van der Waals surface area contributed by atoms with Crippen LogP contribution in [0.2, 0.25) is 0 Å². The molecule has 0 rings (SSSR count). The maximum absolute atomic E-state index is 8.74. The van der Waals surface area contributed by atoms with E-state index in [1.165, 1.54) is 0 Å². The number of rotatable bonds is 0. The van der Waals surface area contributed by atoms with Crippen LogP contribution in [0.5, 0.6) is 0 Å². The van der Waals surface area contributed by atoms with Crippen molar-refractivity contribution in [1.29, 1.82) is 0 Å². The van der Waals surface area contributed by atoms with Gasteiger partial charge in [0, 0.05) is 0 Å². The topological polar surface area (TPSA) is 57.5 Å². The summed E-state index contributed by atoms with van der Waals surface area (Å²) in [6.07, 6.45) is 0. The fourth-order valence-electron chi connectivity index (χ4n) is 0. The van der Waals surface area contributed by atoms with Gasteiger partial charge in [0.2, 0.25) is 0 Å². The molecule has 0 fully saturated rings. The Kier molecular flexibility index (Phi) is 12.9. The smallest absolute Gasteiger partial charge is 0.314 e. The second-order valence-corrected chi connectivity index (χ2v) is 1.10. The Morgan fingerprint density at radius 3 is 1.43 bits per heavy atom. The highest BCUT2D eigenvalue weighted by Gasteiger charge is 1.61. The van der Waals surface area contributed by atoms with Gasteiger partial charge in [-0.15, -0.1) is 5.73 Å². The second kappa shape index (κ2) is 9.18. The normalized spacial score (nSPS) is 6.14. The molecular formula is C3H7O3P. The van der Waals surface area contributed by atoms with Gasteiger partial charge in [-0.25, -0.2) is 0 Å². The molecule has 0 bridgehead atoms. The Morgan fingerprint density at radius 1 is 1.43 bits per heavy atom. The summed E-state index contributed by atoms with van der Waals surface area (Å²) >= 11 is 0. The predicted octanol–water partition coefficient (Wildman–Crippen LogP) is 0.318. The minimum Gasteiger partial charge on any atom is -0.326 e. The van der Waals surface area contributed by atoms with E-state index in [0.29, 0.717) is 0 Å². The molecule has 0 aliphatic heterocycles. The van der Waals surface area contributed by atoms with Crippen LogP contribution in [0.4, 0.5) is 0 Å². The van der Waals surface area contributed by atoms with Gasteiger partial charge in [-0.1, -0.05) is 13.2 Å². The Hall–Kier alpha value is -0.330. The lowest BCUT2D eigenvalue weighted by atomic mass is 11.0. The van der Waals surface area contributed by atoms with Crippen molar-refractivity contribution >= 4 is 8.25 Å². The van der Waals surface area contributed by atoms with Crippen LogP contribution in [0.1, 0.15) is 0 Å². The van der Waals surface area contributed by atoms with E-state index in [4.69, 9.17) is 14.4 Å². The van der Waals surface area contributed by atoms with Crippen LogP contribution in [0.25, 0.3) is 0 Å². The average Bonchev–Trinajstić information content (AvgIpc) is 1.33. The maximum Gasteiger partial charge on any atom is 0.314 e. The van der Waals surface area contributed by atoms with Crippen molar-refractivity contribution < 1.29 is 14.4 Å². The van der Waals surface area contributed by atoms with Crippen molar-refractivity contribution in [1.82, 2.24) is 0 Å². The van der Waals surface area contributed by atoms with Crippen molar-refractivity contribution in [3.8, 4) is 0 Å². The molecule has 0 aliphatic carbocycles. The van der Waals surface area contributed by atoms with E-state index in [1.807, 2.05) is 0 Å². The molecule has 2 N–H and O–H groups in total. The highest BCUT2D eigenvalue weighted by atomic mass is 31.1. The van der Waals surface area contributed by atoms with Crippen molar-refractivity contribution in [2.75, 3.05) is 0 Å². The standard InChI is InChI=1S/C3H4.H3O3P/c1-3-2;1-4(2)3/h1-2H2;4H,(H2,1,2,3). The molecule has 42 valence electrons. The summed E-state index contributed by atoms with van der Waals surface area (Å²) in [6, 6.07) is 0. The molecule has 0 aliphatic rings. The lowest BCUT2D eigenvalue weighted by Crippen LogP contribution is -1.38. The van der Waals surface area contributed by atoms with Crippen molar-refractivity contribution in [2.24, 2.45) is 0 Å². The van der Waals surface area contributed by atoms with E-state index >= 15 is 0 Å². The Morgan fingerprint density at radius 2 is 1.43 bits per heavy atom. The average molecular weight is 122 g/mol. The summed E-state index contributed by atoms with van der Waals surface area (Å²) in [5.74, 6) is 0. The first-order chi connectivity index (χ1) is 3.15. The molecule has 0 aromatic carbocycles. The van der Waals surface area contributed by atoms with Gasteiger partial charge in [-0.3, -0.25) is 4.57 Å². The van der Waals surface area contributed by atoms with Gasteiger partial charge >= 0.3 is 8.25 Å². The number of hydrogen-bond donors (Lipinski definition) is 2. The summed E-state index contributed by atoms with van der Waals surface area (Å²) < 4.78 is 8.74. The van der Waals surface area contributed by atoms with Crippen LogP contribution in [0, 0.1) is 0 Å². The third-order valence-electron chi connectivity index (χ3n) is 0. The predicted molar refractivity (Wildman–Crippen MR) is 28.2 cm³/mol. The van der Waals surface area contributed by atoms with Crippen LogP contribution in [0.3, 0.4) is 0 Å². The summed E-state index contributed by atoms with van der Waals surface area (Å²) in [4.78, 5) is 14.3. The molecule has 4 heteroatoms. The van der Waals surface area contributed by atoms with Gasteiger partial charge in [0.05, 0.1) is 0 Å². The zero-order chi connectivity index (χ0) is 6.28. The van der Waals surface area contributed by atoms with Crippen molar-refractivity contribution in [3.63, 3.8) is 0 Å². The maximum atomic E-state index is 8.74. The molecule has 0 atom stereocenters. The van der Waals surface area contributed by atoms with Crippen LogP contribution < -0.4 is 0 Å². The molecule has 0 saturated carbocycles. The van der Waals surface area contributed by atoms with E-state index in [1.54, 1.807) is 0 Å². The third kappa shape index (κ3) is 701. The molecule has 3 nitrogen and oxygen atoms in total. The highest BCUT2D eigenvalue weighted by Crippen LogP contribution is 1.98. The minimum absolute atomic E-state index is 2.25. The zero-order valence-electron chi connectivity index (χ0n) is 3.72. The van der Waals surface area contributed by atoms with Crippen molar-refractivity contribution in [3.05, 3.63) is 18.9 Å². The Balaban J connectivity index is 0. The lowest BCUT2D eigenvalue weighted by Gasteiger charge is -1.61. The summed E-state index contributed by atoms with van der Waals surface area (Å²) in [5.41, 5.74) is 2.25. The van der Waals surface area contributed by atoms with Crippen LogP contribution in [-0.2, 0) is 4.57 Å². The van der Waals surface area contributed by atoms with E-state index in [9.17, 15) is 0 Å². The molecule has 0 radical (unpaired) electrons. The van der Waals surface area contributed by atoms with Crippen LogP contribution >= 0.6 is 8.25 Å². The van der Waals surface area contributed by atoms with E-state index in [0.717, 1.165) is 0 Å². The minimum atomic E-state index is -3.13. The number of hydrogen-bond acceptors (Lipinski definition) is 1. The van der Waals surface area contributed by atoms with Gasteiger partial charge in [-0.2, -0.15) is 0 Å². The first kappa shape index (κ1) is 9.83. The summed E-state index contributed by atoms with van der Waals surface area (Å²) in [6.45, 7) is 6.25. The van der Waals surface area contributed by atoms with Gasteiger partial charge in [0.1, 0.15) is 0 Å². The first-order valence-electron chi connectivity index (χ1n) is 1.36. The molecule has 0 saturated heterocycles. The fourth-order valence-corrected chi connectivity index (χ4v) is 0. The van der Waals surface area contributed by atoms with Crippen molar-refractivity contribution in [2.45, 2.75) is 0 Å². The second-order valence-electron chi connectivity index (χ2n) is 0.533. The quantitative estimate of drug-likeness (QED) is 0.359. The monoisotopic (exact) mass is 122 g/mol. The summed E-state index contributed by atoms with van der Waals surface area (Å²) in [5, 5.41) is 0. The summed E-state index contributed by atoms with van der Waals surface area (Å²) in [7, 11) is -3.13. The molecule has 0 spiro atoms. The fraction of sp³-hybridized carbons (Fsp3) is 0. The largest absolute Gasteiger partial charge is 0.326 e. The molecule has 7 heavy (non-hydrogen) atoms. The lowest BCUT2D eigenvalue weighted by molar-refractivity contribution is 0.405. The van der Waals surface area contributed by atoms with E-state index < -0.39 is 8.25 Å². The van der Waals surface area contributed by atoms with Gasteiger partial charge in [0.15, 0.2) is 0 Å². The third-order valence-corrected chi connectivity index (χ3v) is 0. The Labute approximate surface area is 42.6 Å². The van der Waals surface area contributed by atoms with E-state index in [2.05, 4.69) is 18.9 Å². The van der Waals surface area contributed by atoms with Crippen LogP contribution in [-0.4, -0.2) is 9.79 Å². The van der Waals surface area contributed by atoms with E-state index in [-0.39, 0.29) is 0 Å². The molecule has 0 aromatic heterocycles. The molecule has 0 aromatic rings. The first-order valence-corrected chi connectivity index (χ1v) is 2.66. The highest BCUT2D eigenvalue weighted by molar-refractivity contribution is 7.30. The molecule has 0 heterocycles.